The lowest BCUT2D eigenvalue weighted by molar-refractivity contribution is 1.49. The molecule has 0 aliphatic rings. The summed E-state index contributed by atoms with van der Waals surface area (Å²) in [5, 5.41) is 0. The van der Waals surface area contributed by atoms with Gasteiger partial charge in [0.15, 0.2) is 0 Å². The smallest absolute Gasteiger partial charge is 0.0623 e. The van der Waals surface area contributed by atoms with Crippen molar-refractivity contribution in [3.63, 3.8) is 0 Å². The fourth-order valence-electron chi connectivity index (χ4n) is 0.547. The van der Waals surface area contributed by atoms with Crippen molar-refractivity contribution in [2.45, 2.75) is 0 Å². The van der Waals surface area contributed by atoms with Crippen LogP contribution in [0.1, 0.15) is 0 Å². The Balaban J connectivity index is 0.000000354. The van der Waals surface area contributed by atoms with Crippen LogP contribution in [-0.4, -0.2) is 20.5 Å². The molecule has 2 nitrogen and oxygen atoms in total. The highest BCUT2D eigenvalue weighted by molar-refractivity contribution is 9.10. The second-order valence-corrected chi connectivity index (χ2v) is 2.87. The zero-order valence-electron chi connectivity index (χ0n) is 7.00. The van der Waals surface area contributed by atoms with Gasteiger partial charge in [0.05, 0.1) is 5.69 Å². The van der Waals surface area contributed by atoms with Crippen molar-refractivity contribution in [3.8, 4) is 0 Å². The van der Waals surface area contributed by atoms with Crippen LogP contribution in [0.15, 0.2) is 38.7 Å². The Morgan fingerprint density at radius 3 is 1.92 bits per heavy atom. The van der Waals surface area contributed by atoms with Gasteiger partial charge in [0.2, 0.25) is 0 Å². The predicted molar refractivity (Wildman–Crippen MR) is 58.8 cm³/mol. The van der Waals surface area contributed by atoms with Crippen LogP contribution in [0.5, 0.6) is 0 Å². The topological polar surface area (TPSA) is 24.7 Å². The minimum absolute atomic E-state index is 0.901. The molecule has 0 aliphatic carbocycles. The van der Waals surface area contributed by atoms with Gasteiger partial charge in [0.25, 0.3) is 0 Å². The quantitative estimate of drug-likeness (QED) is 0.658. The highest BCUT2D eigenvalue weighted by Crippen LogP contribution is 2.15. The molecule has 0 heterocycles. The Hall–Kier alpha value is -0.960. The standard InChI is InChI=1S/C7H6BrN.C2H5N/c1-9-7-4-2-6(8)3-5-7;1-3-2/h2-5H,1H2;1H2,2H3. The minimum atomic E-state index is 0.901. The van der Waals surface area contributed by atoms with Gasteiger partial charge in [-0.1, -0.05) is 15.9 Å². The molecule has 1 rings (SSSR count). The molecule has 0 radical (unpaired) electrons. The van der Waals surface area contributed by atoms with E-state index in [1.54, 1.807) is 7.05 Å². The molecule has 0 atom stereocenters. The summed E-state index contributed by atoms with van der Waals surface area (Å²) in [6, 6.07) is 7.67. The summed E-state index contributed by atoms with van der Waals surface area (Å²) in [6.07, 6.45) is 0. The summed E-state index contributed by atoms with van der Waals surface area (Å²) in [6.45, 7) is 6.51. The molecule has 1 aromatic carbocycles. The Kier molecular flexibility index (Phi) is 6.19. The van der Waals surface area contributed by atoms with Crippen LogP contribution in [0.2, 0.25) is 0 Å². The van der Waals surface area contributed by atoms with E-state index in [1.165, 1.54) is 0 Å². The first-order chi connectivity index (χ1) is 5.74. The van der Waals surface area contributed by atoms with Crippen molar-refractivity contribution in [2.24, 2.45) is 9.98 Å². The van der Waals surface area contributed by atoms with E-state index in [0.717, 1.165) is 10.2 Å². The number of hydrogen-bond donors (Lipinski definition) is 0. The van der Waals surface area contributed by atoms with E-state index >= 15 is 0 Å². The van der Waals surface area contributed by atoms with Crippen molar-refractivity contribution in [2.75, 3.05) is 7.05 Å². The van der Waals surface area contributed by atoms with E-state index in [1.807, 2.05) is 24.3 Å². The fourth-order valence-corrected chi connectivity index (χ4v) is 0.811. The van der Waals surface area contributed by atoms with E-state index < -0.39 is 0 Å². The van der Waals surface area contributed by atoms with Crippen molar-refractivity contribution < 1.29 is 0 Å². The third-order valence-corrected chi connectivity index (χ3v) is 1.54. The highest BCUT2D eigenvalue weighted by Gasteiger charge is 1.84. The minimum Gasteiger partial charge on any atom is -0.304 e. The van der Waals surface area contributed by atoms with Crippen LogP contribution >= 0.6 is 15.9 Å². The second-order valence-electron chi connectivity index (χ2n) is 1.95. The molecule has 0 spiro atoms. The lowest BCUT2D eigenvalue weighted by Crippen LogP contribution is -1.61. The Morgan fingerprint density at radius 1 is 1.17 bits per heavy atom. The number of aliphatic imine (C=N–C) groups is 2. The zero-order chi connectivity index (χ0) is 9.40. The summed E-state index contributed by atoms with van der Waals surface area (Å²) < 4.78 is 1.06. The van der Waals surface area contributed by atoms with E-state index in [9.17, 15) is 0 Å². The van der Waals surface area contributed by atoms with E-state index in [4.69, 9.17) is 0 Å². The molecule has 12 heavy (non-hydrogen) atoms. The molecule has 3 heteroatoms. The molecule has 0 unspecified atom stereocenters. The van der Waals surface area contributed by atoms with E-state index in [-0.39, 0.29) is 0 Å². The van der Waals surface area contributed by atoms with Crippen molar-refractivity contribution in [1.82, 2.24) is 0 Å². The molecule has 0 saturated heterocycles. The maximum absolute atomic E-state index is 3.74. The van der Waals surface area contributed by atoms with Crippen molar-refractivity contribution in [3.05, 3.63) is 28.7 Å². The summed E-state index contributed by atoms with van der Waals surface area (Å²) in [4.78, 5) is 6.99. The normalized spacial score (nSPS) is 7.83. The average molecular weight is 227 g/mol. The monoisotopic (exact) mass is 226 g/mol. The molecule has 0 amide bonds. The van der Waals surface area contributed by atoms with E-state index in [0.29, 0.717) is 0 Å². The molecule has 0 aromatic heterocycles. The van der Waals surface area contributed by atoms with Gasteiger partial charge in [0.1, 0.15) is 0 Å². The number of hydrogen-bond acceptors (Lipinski definition) is 2. The van der Waals surface area contributed by atoms with Gasteiger partial charge in [-0.15, -0.1) is 0 Å². The second kappa shape index (κ2) is 6.73. The molecule has 0 N–H and O–H groups in total. The van der Waals surface area contributed by atoms with Crippen LogP contribution in [-0.2, 0) is 0 Å². The maximum Gasteiger partial charge on any atom is 0.0623 e. The number of benzene rings is 1. The predicted octanol–water partition coefficient (Wildman–Crippen LogP) is 3.10. The summed E-state index contributed by atoms with van der Waals surface area (Å²) in [5.74, 6) is 0. The lowest BCUT2D eigenvalue weighted by Gasteiger charge is -1.89. The maximum atomic E-state index is 3.74. The van der Waals surface area contributed by atoms with Gasteiger partial charge < -0.3 is 4.99 Å². The molecule has 0 aliphatic heterocycles. The Labute approximate surface area is 81.2 Å². The SMILES string of the molecule is C=NC.C=Nc1ccc(Br)cc1. The molecule has 1 aromatic rings. The lowest BCUT2D eigenvalue weighted by atomic mass is 10.3. The third kappa shape index (κ3) is 4.79. The van der Waals surface area contributed by atoms with Crippen LogP contribution in [0, 0.1) is 0 Å². The van der Waals surface area contributed by atoms with Crippen molar-refractivity contribution >= 4 is 35.1 Å². The summed E-state index contributed by atoms with van der Waals surface area (Å²) >= 11 is 3.31. The molecule has 64 valence electrons. The number of halogens is 1. The molecular formula is C9H11BrN2. The molecule has 0 saturated carbocycles. The average Bonchev–Trinajstić information content (AvgIpc) is 2.07. The fraction of sp³-hybridized carbons (Fsp3) is 0.111. The van der Waals surface area contributed by atoms with Crippen LogP contribution < -0.4 is 0 Å². The van der Waals surface area contributed by atoms with Crippen molar-refractivity contribution in [1.29, 1.82) is 0 Å². The number of nitrogens with zero attached hydrogens (tertiary/aromatic N) is 2. The summed E-state index contributed by atoms with van der Waals surface area (Å²) in [7, 11) is 1.64. The van der Waals surface area contributed by atoms with Gasteiger partial charge in [-0.25, -0.2) is 0 Å². The first-order valence-corrected chi connectivity index (χ1v) is 4.11. The van der Waals surface area contributed by atoms with Gasteiger partial charge in [-0.2, -0.15) is 0 Å². The first-order valence-electron chi connectivity index (χ1n) is 3.31. The van der Waals surface area contributed by atoms with E-state index in [2.05, 4.69) is 39.3 Å². The van der Waals surface area contributed by atoms with Crippen LogP contribution in [0.4, 0.5) is 5.69 Å². The number of rotatable bonds is 1. The Morgan fingerprint density at radius 2 is 1.58 bits per heavy atom. The highest BCUT2D eigenvalue weighted by atomic mass is 79.9. The Bertz CT molecular complexity index is 241. The third-order valence-electron chi connectivity index (χ3n) is 1.01. The van der Waals surface area contributed by atoms with Gasteiger partial charge in [-0.05, 0) is 37.7 Å². The van der Waals surface area contributed by atoms with Gasteiger partial charge in [0, 0.05) is 11.5 Å². The zero-order valence-corrected chi connectivity index (χ0v) is 8.58. The molecular weight excluding hydrogens is 216 g/mol. The molecule has 0 bridgehead atoms. The largest absolute Gasteiger partial charge is 0.304 e. The van der Waals surface area contributed by atoms with Gasteiger partial charge in [-0.3, -0.25) is 4.99 Å². The van der Waals surface area contributed by atoms with Gasteiger partial charge >= 0.3 is 0 Å². The molecule has 0 fully saturated rings. The summed E-state index contributed by atoms with van der Waals surface area (Å²) in [5.41, 5.74) is 0.901. The van der Waals surface area contributed by atoms with Crippen LogP contribution in [0.3, 0.4) is 0 Å². The van der Waals surface area contributed by atoms with Crippen LogP contribution in [0.25, 0.3) is 0 Å². The first kappa shape index (κ1) is 11.0.